The van der Waals surface area contributed by atoms with Gasteiger partial charge in [0.25, 0.3) is 0 Å². The lowest BCUT2D eigenvalue weighted by molar-refractivity contribution is 0.409. The number of rotatable bonds is 5. The zero-order valence-corrected chi connectivity index (χ0v) is 13.1. The Morgan fingerprint density at radius 3 is 2.74 bits per heavy atom. The summed E-state index contributed by atoms with van der Waals surface area (Å²) in [4.78, 5) is 1.21. The number of halogens is 2. The lowest BCUT2D eigenvalue weighted by Gasteiger charge is -2.17. The third-order valence-electron chi connectivity index (χ3n) is 2.96. The molecule has 1 heterocycles. The van der Waals surface area contributed by atoms with E-state index >= 15 is 0 Å². The van der Waals surface area contributed by atoms with Gasteiger partial charge >= 0.3 is 0 Å². The Balaban J connectivity index is 2.21. The predicted molar refractivity (Wildman–Crippen MR) is 80.5 cm³/mol. The summed E-state index contributed by atoms with van der Waals surface area (Å²) in [7, 11) is 3.38. The molecular formula is C14H15BrFNOS. The van der Waals surface area contributed by atoms with Gasteiger partial charge in [0.05, 0.1) is 7.11 Å². The van der Waals surface area contributed by atoms with Gasteiger partial charge in [-0.05, 0) is 35.1 Å². The van der Waals surface area contributed by atoms with Crippen LogP contribution in [0, 0.1) is 5.82 Å². The first kappa shape index (κ1) is 14.5. The van der Waals surface area contributed by atoms with Crippen molar-refractivity contribution < 1.29 is 9.13 Å². The maximum atomic E-state index is 14.1. The molecule has 1 aromatic carbocycles. The molecule has 0 spiro atoms. The van der Waals surface area contributed by atoms with Crippen molar-refractivity contribution in [3.63, 3.8) is 0 Å². The monoisotopic (exact) mass is 343 g/mol. The Morgan fingerprint density at radius 2 is 2.21 bits per heavy atom. The van der Waals surface area contributed by atoms with E-state index in [0.717, 1.165) is 10.9 Å². The van der Waals surface area contributed by atoms with Crippen molar-refractivity contribution in [2.75, 3.05) is 14.2 Å². The molecule has 19 heavy (non-hydrogen) atoms. The molecule has 1 N–H and O–H groups in total. The van der Waals surface area contributed by atoms with E-state index in [1.54, 1.807) is 23.5 Å². The second kappa shape index (κ2) is 6.50. The van der Waals surface area contributed by atoms with Gasteiger partial charge in [0.1, 0.15) is 11.6 Å². The predicted octanol–water partition coefficient (Wildman–Crippen LogP) is 4.16. The molecule has 2 nitrogen and oxygen atoms in total. The molecule has 0 bridgehead atoms. The number of methoxy groups -OCH3 is 1. The van der Waals surface area contributed by atoms with Crippen LogP contribution in [0.3, 0.4) is 0 Å². The third kappa shape index (κ3) is 3.55. The molecule has 0 amide bonds. The average Bonchev–Trinajstić information content (AvgIpc) is 2.81. The number of benzene rings is 1. The molecular weight excluding hydrogens is 329 g/mol. The van der Waals surface area contributed by atoms with E-state index in [0.29, 0.717) is 11.3 Å². The Kier molecular flexibility index (Phi) is 4.96. The van der Waals surface area contributed by atoms with Crippen LogP contribution in [0.1, 0.15) is 16.5 Å². The first-order valence-corrected chi connectivity index (χ1v) is 7.55. The smallest absolute Gasteiger partial charge is 0.131 e. The van der Waals surface area contributed by atoms with Crippen molar-refractivity contribution in [1.82, 2.24) is 5.32 Å². The second-order valence-corrected chi connectivity index (χ2v) is 6.08. The van der Waals surface area contributed by atoms with Crippen molar-refractivity contribution in [2.45, 2.75) is 12.5 Å². The molecule has 0 aliphatic heterocycles. The molecule has 2 aromatic rings. The van der Waals surface area contributed by atoms with Crippen LogP contribution in [-0.2, 0) is 6.42 Å². The summed E-state index contributed by atoms with van der Waals surface area (Å²) in [5.41, 5.74) is 0.660. The molecule has 0 saturated heterocycles. The van der Waals surface area contributed by atoms with Crippen molar-refractivity contribution >= 4 is 27.3 Å². The van der Waals surface area contributed by atoms with Crippen molar-refractivity contribution in [1.29, 1.82) is 0 Å². The number of ether oxygens (including phenoxy) is 1. The Hall–Kier alpha value is -0.910. The van der Waals surface area contributed by atoms with Crippen LogP contribution in [0.4, 0.5) is 4.39 Å². The highest BCUT2D eigenvalue weighted by molar-refractivity contribution is 9.10. The SMILES string of the molecule is CNC(Cc1cc(Br)cs1)c1ccc(OC)cc1F. The number of nitrogens with one attached hydrogen (secondary N) is 1. The van der Waals surface area contributed by atoms with E-state index in [4.69, 9.17) is 4.74 Å². The summed E-state index contributed by atoms with van der Waals surface area (Å²) in [6, 6.07) is 7.00. The van der Waals surface area contributed by atoms with Crippen LogP contribution in [0.25, 0.3) is 0 Å². The summed E-state index contributed by atoms with van der Waals surface area (Å²) in [6.45, 7) is 0. The van der Waals surface area contributed by atoms with Gasteiger partial charge in [-0.1, -0.05) is 6.07 Å². The maximum Gasteiger partial charge on any atom is 0.131 e. The van der Waals surface area contributed by atoms with Crippen molar-refractivity contribution in [3.8, 4) is 5.75 Å². The van der Waals surface area contributed by atoms with Gasteiger partial charge in [-0.3, -0.25) is 0 Å². The van der Waals surface area contributed by atoms with Crippen LogP contribution in [-0.4, -0.2) is 14.2 Å². The molecule has 0 aliphatic carbocycles. The summed E-state index contributed by atoms with van der Waals surface area (Å²) in [5, 5.41) is 5.20. The molecule has 1 aromatic heterocycles. The zero-order valence-electron chi connectivity index (χ0n) is 10.7. The quantitative estimate of drug-likeness (QED) is 0.879. The molecule has 0 aliphatic rings. The molecule has 1 atom stereocenters. The van der Waals surface area contributed by atoms with E-state index in [2.05, 4.69) is 27.3 Å². The normalized spacial score (nSPS) is 12.4. The Labute approximate surface area is 124 Å². The molecule has 0 fully saturated rings. The lowest BCUT2D eigenvalue weighted by atomic mass is 10.0. The van der Waals surface area contributed by atoms with Gasteiger partial charge in [-0.2, -0.15) is 0 Å². The first-order chi connectivity index (χ1) is 9.13. The van der Waals surface area contributed by atoms with Gasteiger partial charge < -0.3 is 10.1 Å². The minimum atomic E-state index is -0.241. The molecule has 102 valence electrons. The fourth-order valence-electron chi connectivity index (χ4n) is 1.95. The summed E-state index contributed by atoms with van der Waals surface area (Å²) in [6.07, 6.45) is 0.760. The summed E-state index contributed by atoms with van der Waals surface area (Å²) < 4.78 is 20.1. The van der Waals surface area contributed by atoms with E-state index in [-0.39, 0.29) is 11.9 Å². The molecule has 1 unspecified atom stereocenters. The molecule has 0 radical (unpaired) electrons. The van der Waals surface area contributed by atoms with Crippen LogP contribution < -0.4 is 10.1 Å². The number of thiophene rings is 1. The highest BCUT2D eigenvalue weighted by atomic mass is 79.9. The van der Waals surface area contributed by atoms with Crippen molar-refractivity contribution in [2.24, 2.45) is 0 Å². The van der Waals surface area contributed by atoms with Gasteiger partial charge in [0.2, 0.25) is 0 Å². The number of likely N-dealkylation sites (N-methyl/N-ethyl adjacent to an activating group) is 1. The fourth-order valence-corrected chi connectivity index (χ4v) is 3.45. The summed E-state index contributed by atoms with van der Waals surface area (Å²) >= 11 is 5.10. The largest absolute Gasteiger partial charge is 0.497 e. The fraction of sp³-hybridized carbons (Fsp3) is 0.286. The third-order valence-corrected chi connectivity index (χ3v) is 4.68. The highest BCUT2D eigenvalue weighted by Gasteiger charge is 2.16. The van der Waals surface area contributed by atoms with E-state index in [9.17, 15) is 4.39 Å². The molecule has 0 saturated carbocycles. The number of hydrogen-bond donors (Lipinski definition) is 1. The van der Waals surface area contributed by atoms with Crippen LogP contribution in [0.15, 0.2) is 34.1 Å². The standard InChI is InChI=1S/C14H15BrFNOS/c1-17-14(7-11-5-9(15)8-19-11)12-4-3-10(18-2)6-13(12)16/h3-6,8,14,17H,7H2,1-2H3. The maximum absolute atomic E-state index is 14.1. The number of hydrogen-bond acceptors (Lipinski definition) is 3. The van der Waals surface area contributed by atoms with Crippen LogP contribution >= 0.6 is 27.3 Å². The van der Waals surface area contributed by atoms with Crippen LogP contribution in [0.2, 0.25) is 0 Å². The minimum Gasteiger partial charge on any atom is -0.497 e. The molecule has 2 rings (SSSR count). The van der Waals surface area contributed by atoms with Crippen molar-refractivity contribution in [3.05, 3.63) is 50.4 Å². The van der Waals surface area contributed by atoms with Crippen LogP contribution in [0.5, 0.6) is 5.75 Å². The van der Waals surface area contributed by atoms with E-state index in [1.807, 2.05) is 12.4 Å². The minimum absolute atomic E-state index is 0.0449. The molecule has 5 heteroatoms. The highest BCUT2D eigenvalue weighted by Crippen LogP contribution is 2.28. The topological polar surface area (TPSA) is 21.3 Å². The Bertz CT molecular complexity index is 558. The Morgan fingerprint density at radius 1 is 1.42 bits per heavy atom. The van der Waals surface area contributed by atoms with Gasteiger partial charge in [0.15, 0.2) is 0 Å². The summed E-state index contributed by atoms with van der Waals surface area (Å²) in [5.74, 6) is 0.296. The van der Waals surface area contributed by atoms with Gasteiger partial charge in [-0.25, -0.2) is 4.39 Å². The van der Waals surface area contributed by atoms with E-state index < -0.39 is 0 Å². The average molecular weight is 344 g/mol. The van der Waals surface area contributed by atoms with Gasteiger partial charge in [0, 0.05) is 38.8 Å². The second-order valence-electron chi connectivity index (χ2n) is 4.16. The van der Waals surface area contributed by atoms with E-state index in [1.165, 1.54) is 18.1 Å². The zero-order chi connectivity index (χ0) is 13.8. The first-order valence-electron chi connectivity index (χ1n) is 5.87. The van der Waals surface area contributed by atoms with Gasteiger partial charge in [-0.15, -0.1) is 11.3 Å². The lowest BCUT2D eigenvalue weighted by Crippen LogP contribution is -2.19.